The van der Waals surface area contributed by atoms with Gasteiger partial charge in [0.2, 0.25) is 5.78 Å². The van der Waals surface area contributed by atoms with Crippen LogP contribution in [0.5, 0.6) is 0 Å². The maximum atomic E-state index is 13.0. The summed E-state index contributed by atoms with van der Waals surface area (Å²) < 4.78 is 0. The second-order valence-electron chi connectivity index (χ2n) is 6.84. The first-order valence-electron chi connectivity index (χ1n) is 8.73. The maximum absolute atomic E-state index is 13.0. The number of Topliss-reactive ketones (excluding diaryl/α,β-unsaturated/α-hetero) is 2. The number of likely N-dealkylation sites (tertiary alicyclic amines) is 1. The van der Waals surface area contributed by atoms with Crippen LogP contribution in [0.2, 0.25) is 5.02 Å². The van der Waals surface area contributed by atoms with E-state index in [1.165, 1.54) is 11.3 Å². The number of benzene rings is 1. The molecule has 3 rings (SSSR count). The van der Waals surface area contributed by atoms with Gasteiger partial charge in [-0.05, 0) is 56.2 Å². The van der Waals surface area contributed by atoms with E-state index in [-0.39, 0.29) is 5.78 Å². The third-order valence-corrected chi connectivity index (χ3v) is 5.80. The fourth-order valence-electron chi connectivity index (χ4n) is 3.39. The Labute approximate surface area is 167 Å². The third kappa shape index (κ3) is 4.13. The molecule has 0 radical (unpaired) electrons. The van der Waals surface area contributed by atoms with E-state index >= 15 is 0 Å². The smallest absolute Gasteiger partial charge is 0.291 e. The lowest BCUT2D eigenvalue weighted by Crippen LogP contribution is -2.33. The molecule has 1 saturated heterocycles. The van der Waals surface area contributed by atoms with Crippen molar-refractivity contribution in [1.82, 2.24) is 9.80 Å². The van der Waals surface area contributed by atoms with Gasteiger partial charge in [-0.3, -0.25) is 14.4 Å². The summed E-state index contributed by atoms with van der Waals surface area (Å²) >= 11 is 7.28. The first-order valence-corrected chi connectivity index (χ1v) is 9.98. The monoisotopic (exact) mass is 404 g/mol. The molecule has 1 aliphatic rings. The second kappa shape index (κ2) is 8.33. The lowest BCUT2D eigenvalue weighted by Gasteiger charge is -2.27. The average Bonchev–Trinajstić information content (AvgIpc) is 3.25. The number of nitrogens with zero attached hydrogens (tertiary/aromatic N) is 2. The van der Waals surface area contributed by atoms with Gasteiger partial charge in [-0.1, -0.05) is 29.8 Å². The molecule has 2 unspecified atom stereocenters. The van der Waals surface area contributed by atoms with Crippen LogP contribution in [-0.4, -0.2) is 54.5 Å². The number of rotatable bonds is 7. The molecule has 0 aliphatic carbocycles. The lowest BCUT2D eigenvalue weighted by molar-refractivity contribution is -0.140. The molecule has 7 heteroatoms. The summed E-state index contributed by atoms with van der Waals surface area (Å²) in [5, 5.41) is 2.36. The number of halogens is 1. The van der Waals surface area contributed by atoms with Crippen molar-refractivity contribution < 1.29 is 14.4 Å². The predicted octanol–water partition coefficient (Wildman–Crippen LogP) is 3.30. The van der Waals surface area contributed by atoms with E-state index in [4.69, 9.17) is 11.6 Å². The zero-order valence-electron chi connectivity index (χ0n) is 15.2. The summed E-state index contributed by atoms with van der Waals surface area (Å²) in [6.07, 6.45) is 0.718. The number of carbonyl (C=O) groups excluding carboxylic acids is 3. The zero-order chi connectivity index (χ0) is 19.6. The van der Waals surface area contributed by atoms with Crippen molar-refractivity contribution in [2.24, 2.45) is 5.92 Å². The topological polar surface area (TPSA) is 57.7 Å². The van der Waals surface area contributed by atoms with Gasteiger partial charge in [0.1, 0.15) is 5.92 Å². The van der Waals surface area contributed by atoms with Crippen LogP contribution in [0.15, 0.2) is 41.8 Å². The summed E-state index contributed by atoms with van der Waals surface area (Å²) in [6, 6.07) is 9.87. The quantitative estimate of drug-likeness (QED) is 0.403. The number of hydrogen-bond donors (Lipinski definition) is 0. The average molecular weight is 405 g/mol. The second-order valence-corrected chi connectivity index (χ2v) is 8.22. The SMILES string of the molecule is CN(C)CCCN1C(=O)C(=O)C(C(=O)c2cccs2)C1c1ccc(Cl)cc1. The Morgan fingerprint density at radius 2 is 1.89 bits per heavy atom. The molecule has 1 aliphatic heterocycles. The molecule has 1 fully saturated rings. The van der Waals surface area contributed by atoms with Crippen LogP contribution in [0.1, 0.15) is 27.7 Å². The third-order valence-electron chi connectivity index (χ3n) is 4.67. The van der Waals surface area contributed by atoms with Crippen molar-refractivity contribution in [3.05, 3.63) is 57.2 Å². The molecule has 0 saturated carbocycles. The molecular formula is C20H21ClN2O3S. The zero-order valence-corrected chi connectivity index (χ0v) is 16.8. The Morgan fingerprint density at radius 3 is 2.48 bits per heavy atom. The van der Waals surface area contributed by atoms with Gasteiger partial charge in [-0.25, -0.2) is 0 Å². The molecule has 0 N–H and O–H groups in total. The highest BCUT2D eigenvalue weighted by atomic mass is 35.5. The van der Waals surface area contributed by atoms with E-state index in [0.717, 1.165) is 18.5 Å². The highest BCUT2D eigenvalue weighted by Crippen LogP contribution is 2.39. The highest BCUT2D eigenvalue weighted by molar-refractivity contribution is 7.12. The number of carbonyl (C=O) groups is 3. The Morgan fingerprint density at radius 1 is 1.19 bits per heavy atom. The van der Waals surface area contributed by atoms with Gasteiger partial charge in [0.15, 0.2) is 5.78 Å². The fraction of sp³-hybridized carbons (Fsp3) is 0.350. The van der Waals surface area contributed by atoms with E-state index < -0.39 is 23.7 Å². The van der Waals surface area contributed by atoms with Crippen molar-refractivity contribution >= 4 is 40.4 Å². The van der Waals surface area contributed by atoms with Gasteiger partial charge < -0.3 is 9.80 Å². The molecule has 1 amide bonds. The van der Waals surface area contributed by atoms with Crippen LogP contribution in [0.25, 0.3) is 0 Å². The highest BCUT2D eigenvalue weighted by Gasteiger charge is 2.51. The van der Waals surface area contributed by atoms with Crippen LogP contribution < -0.4 is 0 Å². The van der Waals surface area contributed by atoms with E-state index in [1.54, 1.807) is 46.7 Å². The lowest BCUT2D eigenvalue weighted by atomic mass is 9.88. The van der Waals surface area contributed by atoms with Gasteiger partial charge in [-0.15, -0.1) is 11.3 Å². The van der Waals surface area contributed by atoms with Gasteiger partial charge in [0.25, 0.3) is 5.91 Å². The summed E-state index contributed by atoms with van der Waals surface area (Å²) in [5.41, 5.74) is 0.748. The van der Waals surface area contributed by atoms with Crippen molar-refractivity contribution in [2.75, 3.05) is 27.2 Å². The van der Waals surface area contributed by atoms with Crippen LogP contribution in [-0.2, 0) is 9.59 Å². The Bertz CT molecular complexity index is 833. The minimum Gasteiger partial charge on any atom is -0.328 e. The number of thiophene rings is 1. The normalized spacial score (nSPS) is 19.9. The molecular weight excluding hydrogens is 384 g/mol. The van der Waals surface area contributed by atoms with E-state index in [1.807, 2.05) is 19.0 Å². The molecule has 5 nitrogen and oxygen atoms in total. The number of amides is 1. The standard InChI is InChI=1S/C20H21ClN2O3S/c1-22(2)10-4-11-23-17(13-6-8-14(21)9-7-13)16(19(25)20(23)26)18(24)15-5-3-12-27-15/h3,5-9,12,16-17H,4,10-11H2,1-2H3. The number of ketones is 2. The summed E-state index contributed by atoms with van der Waals surface area (Å²) in [4.78, 5) is 42.5. The molecule has 1 aromatic heterocycles. The molecule has 27 heavy (non-hydrogen) atoms. The van der Waals surface area contributed by atoms with Gasteiger partial charge in [0.05, 0.1) is 10.9 Å². The maximum Gasteiger partial charge on any atom is 0.291 e. The van der Waals surface area contributed by atoms with E-state index in [9.17, 15) is 14.4 Å². The van der Waals surface area contributed by atoms with E-state index in [2.05, 4.69) is 0 Å². The van der Waals surface area contributed by atoms with Crippen molar-refractivity contribution in [3.8, 4) is 0 Å². The molecule has 0 bridgehead atoms. The van der Waals surface area contributed by atoms with Crippen molar-refractivity contribution in [1.29, 1.82) is 0 Å². The summed E-state index contributed by atoms with van der Waals surface area (Å²) in [7, 11) is 3.91. The minimum atomic E-state index is -1.02. The summed E-state index contributed by atoms with van der Waals surface area (Å²) in [5.74, 6) is -2.52. The van der Waals surface area contributed by atoms with Crippen LogP contribution in [0.3, 0.4) is 0 Å². The van der Waals surface area contributed by atoms with Crippen LogP contribution in [0, 0.1) is 5.92 Å². The molecule has 1 aromatic carbocycles. The number of hydrogen-bond acceptors (Lipinski definition) is 5. The minimum absolute atomic E-state index is 0.293. The summed E-state index contributed by atoms with van der Waals surface area (Å²) in [6.45, 7) is 1.21. The van der Waals surface area contributed by atoms with Gasteiger partial charge in [-0.2, -0.15) is 0 Å². The van der Waals surface area contributed by atoms with E-state index in [0.29, 0.717) is 16.4 Å². The fourth-order valence-corrected chi connectivity index (χ4v) is 4.22. The Hall–Kier alpha value is -2.02. The van der Waals surface area contributed by atoms with Crippen LogP contribution in [0.4, 0.5) is 0 Å². The molecule has 2 heterocycles. The van der Waals surface area contributed by atoms with Crippen LogP contribution >= 0.6 is 22.9 Å². The molecule has 142 valence electrons. The Kier molecular flexibility index (Phi) is 6.09. The Balaban J connectivity index is 1.96. The van der Waals surface area contributed by atoms with Gasteiger partial charge >= 0.3 is 0 Å². The molecule has 2 aromatic rings. The first kappa shape index (κ1) is 19.7. The van der Waals surface area contributed by atoms with Crippen molar-refractivity contribution in [2.45, 2.75) is 12.5 Å². The largest absolute Gasteiger partial charge is 0.328 e. The predicted molar refractivity (Wildman–Crippen MR) is 106 cm³/mol. The van der Waals surface area contributed by atoms with Gasteiger partial charge in [0, 0.05) is 11.6 Å². The first-order chi connectivity index (χ1) is 12.9. The molecule has 0 spiro atoms. The van der Waals surface area contributed by atoms with Crippen molar-refractivity contribution in [3.63, 3.8) is 0 Å². The molecule has 2 atom stereocenters.